The van der Waals surface area contributed by atoms with Gasteiger partial charge in [-0.15, -0.1) is 0 Å². The molecule has 4 bridgehead atoms. The highest BCUT2D eigenvalue weighted by Crippen LogP contribution is 2.59. The van der Waals surface area contributed by atoms with Crippen LogP contribution in [-0.4, -0.2) is 18.6 Å². The predicted octanol–water partition coefficient (Wildman–Crippen LogP) is 3.39. The van der Waals surface area contributed by atoms with Gasteiger partial charge in [-0.2, -0.15) is 0 Å². The molecule has 1 heterocycles. The minimum Gasteiger partial charge on any atom is -0.365 e. The lowest BCUT2D eigenvalue weighted by molar-refractivity contribution is -0.0479. The average Bonchev–Trinajstić information content (AvgIpc) is 2.89. The van der Waals surface area contributed by atoms with Gasteiger partial charge in [0.15, 0.2) is 0 Å². The lowest BCUT2D eigenvalue weighted by atomic mass is 9.49. The van der Waals surface area contributed by atoms with Crippen molar-refractivity contribution < 1.29 is 0 Å². The van der Waals surface area contributed by atoms with E-state index >= 15 is 0 Å². The third-order valence-electron chi connectivity index (χ3n) is 6.21. The molecule has 2 heteroatoms. The molecule has 1 aromatic heterocycles. The van der Waals surface area contributed by atoms with Gasteiger partial charge in [-0.05, 0) is 80.9 Å². The molecule has 2 nitrogen and oxygen atoms in total. The second kappa shape index (κ2) is 4.66. The highest BCUT2D eigenvalue weighted by atomic mass is 14.8. The van der Waals surface area contributed by atoms with Gasteiger partial charge < -0.3 is 10.3 Å². The van der Waals surface area contributed by atoms with E-state index in [-0.39, 0.29) is 0 Å². The molecule has 19 heavy (non-hydrogen) atoms. The van der Waals surface area contributed by atoms with Crippen molar-refractivity contribution >= 4 is 0 Å². The fraction of sp³-hybridized carbons (Fsp3) is 0.765. The van der Waals surface area contributed by atoms with Gasteiger partial charge >= 0.3 is 0 Å². The summed E-state index contributed by atoms with van der Waals surface area (Å²) in [4.78, 5) is 3.49. The molecule has 0 spiro atoms. The maximum Gasteiger partial charge on any atom is 0.0194 e. The normalized spacial score (nSPS) is 41.6. The standard InChI is InChI=1S/C17H26N2/c1-18-10-15(16-3-2-4-19-16)17-13-6-11-5-12(8-13)9-14(17)7-11/h2-4,11-15,17-19H,5-10H2,1H3. The number of aromatic nitrogens is 1. The van der Waals surface area contributed by atoms with Gasteiger partial charge in [0.2, 0.25) is 0 Å². The van der Waals surface area contributed by atoms with Crippen molar-refractivity contribution in [1.29, 1.82) is 0 Å². The molecule has 0 radical (unpaired) electrons. The zero-order chi connectivity index (χ0) is 12.8. The van der Waals surface area contributed by atoms with Gasteiger partial charge in [0, 0.05) is 24.4 Å². The maximum atomic E-state index is 3.49. The molecule has 4 aliphatic carbocycles. The van der Waals surface area contributed by atoms with Gasteiger partial charge in [0.1, 0.15) is 0 Å². The van der Waals surface area contributed by atoms with E-state index in [0.717, 1.165) is 36.1 Å². The van der Waals surface area contributed by atoms with E-state index in [1.54, 1.807) is 6.42 Å². The third-order valence-corrected chi connectivity index (χ3v) is 6.21. The van der Waals surface area contributed by atoms with Crippen LogP contribution >= 0.6 is 0 Å². The van der Waals surface area contributed by atoms with E-state index in [1.165, 1.54) is 31.4 Å². The van der Waals surface area contributed by atoms with Crippen LogP contribution in [0.1, 0.15) is 43.7 Å². The van der Waals surface area contributed by atoms with E-state index in [1.807, 2.05) is 0 Å². The molecular weight excluding hydrogens is 232 g/mol. The van der Waals surface area contributed by atoms with Crippen LogP contribution in [0.15, 0.2) is 18.3 Å². The predicted molar refractivity (Wildman–Crippen MR) is 78.0 cm³/mol. The fourth-order valence-corrected chi connectivity index (χ4v) is 5.87. The third kappa shape index (κ3) is 1.96. The average molecular weight is 258 g/mol. The first-order chi connectivity index (χ1) is 9.35. The first kappa shape index (κ1) is 12.0. The van der Waals surface area contributed by atoms with Crippen LogP contribution in [-0.2, 0) is 0 Å². The summed E-state index contributed by atoms with van der Waals surface area (Å²) in [5, 5.41) is 3.45. The molecule has 2 N–H and O–H groups in total. The van der Waals surface area contributed by atoms with E-state index in [4.69, 9.17) is 0 Å². The summed E-state index contributed by atoms with van der Waals surface area (Å²) in [7, 11) is 2.10. The molecule has 1 atom stereocenters. The summed E-state index contributed by atoms with van der Waals surface area (Å²) in [5.74, 6) is 5.82. The molecular formula is C17H26N2. The van der Waals surface area contributed by atoms with Crippen molar-refractivity contribution in [3.63, 3.8) is 0 Å². The summed E-state index contributed by atoms with van der Waals surface area (Å²) < 4.78 is 0. The molecule has 1 aromatic rings. The van der Waals surface area contributed by atoms with Crippen LogP contribution < -0.4 is 5.32 Å². The Kier molecular flexibility index (Phi) is 2.95. The monoisotopic (exact) mass is 258 g/mol. The Morgan fingerprint density at radius 1 is 1.16 bits per heavy atom. The lowest BCUT2D eigenvalue weighted by Crippen LogP contribution is -2.48. The maximum absolute atomic E-state index is 3.49. The van der Waals surface area contributed by atoms with Crippen molar-refractivity contribution in [2.24, 2.45) is 29.6 Å². The van der Waals surface area contributed by atoms with Crippen molar-refractivity contribution in [2.75, 3.05) is 13.6 Å². The number of nitrogens with one attached hydrogen (secondary N) is 2. The van der Waals surface area contributed by atoms with Crippen LogP contribution in [0.3, 0.4) is 0 Å². The number of likely N-dealkylation sites (N-methyl/N-ethyl adjacent to an activating group) is 1. The van der Waals surface area contributed by atoms with Crippen LogP contribution in [0, 0.1) is 29.6 Å². The zero-order valence-corrected chi connectivity index (χ0v) is 11.9. The van der Waals surface area contributed by atoms with E-state index in [2.05, 4.69) is 35.7 Å². The highest BCUT2D eigenvalue weighted by Gasteiger charge is 2.50. The number of rotatable bonds is 4. The quantitative estimate of drug-likeness (QED) is 0.851. The Balaban J connectivity index is 1.62. The molecule has 4 aliphatic rings. The smallest absolute Gasteiger partial charge is 0.0194 e. The SMILES string of the molecule is CNCC(c1ccc[nH]1)C1C2CC3CC(C2)CC1C3. The van der Waals surface area contributed by atoms with Crippen molar-refractivity contribution in [3.05, 3.63) is 24.0 Å². The molecule has 104 valence electrons. The summed E-state index contributed by atoms with van der Waals surface area (Å²) in [6.45, 7) is 1.13. The number of H-pyrrole nitrogens is 1. The zero-order valence-electron chi connectivity index (χ0n) is 11.9. The van der Waals surface area contributed by atoms with Crippen molar-refractivity contribution in [1.82, 2.24) is 10.3 Å². The summed E-state index contributed by atoms with van der Waals surface area (Å²) in [6, 6.07) is 4.46. The molecule has 0 aromatic carbocycles. The van der Waals surface area contributed by atoms with Gasteiger partial charge in [-0.25, -0.2) is 0 Å². The van der Waals surface area contributed by atoms with E-state index < -0.39 is 0 Å². The Morgan fingerprint density at radius 3 is 2.37 bits per heavy atom. The summed E-state index contributed by atoms with van der Waals surface area (Å²) in [5.41, 5.74) is 1.46. The summed E-state index contributed by atoms with van der Waals surface area (Å²) in [6.07, 6.45) is 9.75. The molecule has 4 fully saturated rings. The summed E-state index contributed by atoms with van der Waals surface area (Å²) >= 11 is 0. The van der Waals surface area contributed by atoms with Crippen molar-refractivity contribution in [3.8, 4) is 0 Å². The van der Waals surface area contributed by atoms with Crippen LogP contribution in [0.25, 0.3) is 0 Å². The van der Waals surface area contributed by atoms with Crippen LogP contribution in [0.2, 0.25) is 0 Å². The first-order valence-corrected chi connectivity index (χ1v) is 8.13. The van der Waals surface area contributed by atoms with Gasteiger partial charge in [-0.3, -0.25) is 0 Å². The second-order valence-electron chi connectivity index (χ2n) is 7.30. The van der Waals surface area contributed by atoms with E-state index in [0.29, 0.717) is 5.92 Å². The van der Waals surface area contributed by atoms with E-state index in [9.17, 15) is 0 Å². The molecule has 0 aliphatic heterocycles. The highest BCUT2D eigenvalue weighted by molar-refractivity contribution is 5.15. The number of hydrogen-bond acceptors (Lipinski definition) is 1. The molecule has 5 rings (SSSR count). The molecule has 1 unspecified atom stereocenters. The first-order valence-electron chi connectivity index (χ1n) is 8.13. The Bertz CT molecular complexity index is 394. The van der Waals surface area contributed by atoms with Crippen molar-refractivity contribution in [2.45, 2.75) is 38.0 Å². The number of aromatic amines is 1. The molecule has 0 amide bonds. The molecule has 4 saturated carbocycles. The van der Waals surface area contributed by atoms with Gasteiger partial charge in [0.25, 0.3) is 0 Å². The van der Waals surface area contributed by atoms with Gasteiger partial charge in [0.05, 0.1) is 0 Å². The minimum atomic E-state index is 0.704. The Morgan fingerprint density at radius 2 is 1.84 bits per heavy atom. The second-order valence-corrected chi connectivity index (χ2v) is 7.30. The topological polar surface area (TPSA) is 27.8 Å². The fourth-order valence-electron chi connectivity index (χ4n) is 5.87. The van der Waals surface area contributed by atoms with Crippen LogP contribution in [0.5, 0.6) is 0 Å². The largest absolute Gasteiger partial charge is 0.365 e. The number of hydrogen-bond donors (Lipinski definition) is 2. The Hall–Kier alpha value is -0.760. The van der Waals surface area contributed by atoms with Gasteiger partial charge in [-0.1, -0.05) is 0 Å². The van der Waals surface area contributed by atoms with Crippen LogP contribution in [0.4, 0.5) is 0 Å². The minimum absolute atomic E-state index is 0.704. The Labute approximate surface area is 116 Å². The molecule has 0 saturated heterocycles. The lowest BCUT2D eigenvalue weighted by Gasteiger charge is -2.56.